The Balaban J connectivity index is 1.42. The molecule has 0 aromatic carbocycles. The summed E-state index contributed by atoms with van der Waals surface area (Å²) in [5.74, 6) is 0.529. The van der Waals surface area contributed by atoms with E-state index in [-0.39, 0.29) is 6.09 Å². The van der Waals surface area contributed by atoms with Crippen LogP contribution in [0.1, 0.15) is 58.8 Å². The second-order valence-electron chi connectivity index (χ2n) is 8.02. The van der Waals surface area contributed by atoms with Crippen LogP contribution in [-0.2, 0) is 4.74 Å². The maximum atomic E-state index is 11.9. The summed E-state index contributed by atoms with van der Waals surface area (Å²) >= 11 is 0. The van der Waals surface area contributed by atoms with Crippen LogP contribution in [0, 0.1) is 16.7 Å². The van der Waals surface area contributed by atoms with Crippen LogP contribution in [0.3, 0.4) is 0 Å². The van der Waals surface area contributed by atoms with Crippen LogP contribution in [0.2, 0.25) is 0 Å². The quantitative estimate of drug-likeness (QED) is 0.782. The molecule has 2 saturated heterocycles. The third-order valence-corrected chi connectivity index (χ3v) is 6.36. The van der Waals surface area contributed by atoms with Crippen LogP contribution in [0.4, 0.5) is 4.79 Å². The maximum absolute atomic E-state index is 11.9. The fourth-order valence-corrected chi connectivity index (χ4v) is 4.92. The highest BCUT2D eigenvalue weighted by Crippen LogP contribution is 2.50. The molecular formula is C19H33N3O2. The monoisotopic (exact) mass is 335 g/mol. The minimum Gasteiger partial charge on any atom is -0.450 e. The van der Waals surface area contributed by atoms with Gasteiger partial charge in [-0.05, 0) is 69.9 Å². The van der Waals surface area contributed by atoms with E-state index in [0.29, 0.717) is 24.0 Å². The number of piperidine rings is 1. The Bertz CT molecular complexity index is 465. The van der Waals surface area contributed by atoms with Gasteiger partial charge in [0.05, 0.1) is 6.61 Å². The molecule has 1 aliphatic carbocycles. The van der Waals surface area contributed by atoms with Crippen molar-refractivity contribution in [1.82, 2.24) is 9.80 Å². The molecule has 0 unspecified atom stereocenters. The van der Waals surface area contributed by atoms with Crippen LogP contribution in [-0.4, -0.2) is 60.4 Å². The van der Waals surface area contributed by atoms with Gasteiger partial charge in [0.1, 0.15) is 0 Å². The second-order valence-corrected chi connectivity index (χ2v) is 8.02. The van der Waals surface area contributed by atoms with Crippen LogP contribution in [0.25, 0.3) is 0 Å². The predicted octanol–water partition coefficient (Wildman–Crippen LogP) is 3.53. The van der Waals surface area contributed by atoms with Crippen molar-refractivity contribution in [3.8, 4) is 0 Å². The van der Waals surface area contributed by atoms with Gasteiger partial charge in [-0.2, -0.15) is 0 Å². The van der Waals surface area contributed by atoms with Gasteiger partial charge in [0.25, 0.3) is 0 Å². The molecule has 1 N–H and O–H groups in total. The van der Waals surface area contributed by atoms with Gasteiger partial charge < -0.3 is 19.9 Å². The third kappa shape index (κ3) is 3.61. The summed E-state index contributed by atoms with van der Waals surface area (Å²) in [5.41, 5.74) is 1.34. The summed E-state index contributed by atoms with van der Waals surface area (Å²) in [6.45, 7) is 8.55. The summed E-state index contributed by atoms with van der Waals surface area (Å²) < 4.78 is 5.14. The zero-order chi connectivity index (χ0) is 17.2. The van der Waals surface area contributed by atoms with Gasteiger partial charge in [0.2, 0.25) is 0 Å². The van der Waals surface area contributed by atoms with Crippen molar-refractivity contribution in [2.45, 2.75) is 64.8 Å². The van der Waals surface area contributed by atoms with Crippen molar-refractivity contribution in [2.75, 3.05) is 32.8 Å². The average Bonchev–Trinajstić information content (AvgIpc) is 3.00. The highest BCUT2D eigenvalue weighted by Gasteiger charge is 2.51. The van der Waals surface area contributed by atoms with E-state index in [9.17, 15) is 4.79 Å². The van der Waals surface area contributed by atoms with Gasteiger partial charge in [-0.15, -0.1) is 0 Å². The molecule has 24 heavy (non-hydrogen) atoms. The first-order valence-corrected chi connectivity index (χ1v) is 9.80. The highest BCUT2D eigenvalue weighted by molar-refractivity contribution is 5.83. The van der Waals surface area contributed by atoms with Crippen molar-refractivity contribution in [3.63, 3.8) is 0 Å². The molecule has 2 heterocycles. The number of nitrogens with one attached hydrogen (secondary N) is 1. The first-order valence-electron chi connectivity index (χ1n) is 9.80. The van der Waals surface area contributed by atoms with E-state index in [1.165, 1.54) is 12.8 Å². The normalized spacial score (nSPS) is 31.2. The Kier molecular flexibility index (Phi) is 5.48. The fraction of sp³-hybridized carbons (Fsp3) is 0.895. The topological polar surface area (TPSA) is 56.6 Å². The number of carbonyl (C=O) groups excluding carboxylic acids is 1. The number of hydrogen-bond acceptors (Lipinski definition) is 4. The summed E-state index contributed by atoms with van der Waals surface area (Å²) in [7, 11) is 0. The van der Waals surface area contributed by atoms with Gasteiger partial charge in [0.15, 0.2) is 0 Å². The number of hydrogen-bond donors (Lipinski definition) is 1. The van der Waals surface area contributed by atoms with E-state index in [4.69, 9.17) is 10.1 Å². The van der Waals surface area contributed by atoms with E-state index in [1.54, 1.807) is 0 Å². The second kappa shape index (κ2) is 7.42. The summed E-state index contributed by atoms with van der Waals surface area (Å²) in [5, 5.41) is 8.17. The Morgan fingerprint density at radius 1 is 1.21 bits per heavy atom. The number of carbonyl (C=O) groups is 1. The lowest BCUT2D eigenvalue weighted by atomic mass is 9.64. The molecule has 3 rings (SSSR count). The highest BCUT2D eigenvalue weighted by atomic mass is 16.6. The van der Waals surface area contributed by atoms with E-state index >= 15 is 0 Å². The summed E-state index contributed by atoms with van der Waals surface area (Å²) in [6.07, 6.45) is 7.88. The lowest BCUT2D eigenvalue weighted by Gasteiger charge is -2.51. The standard InChI is InChI=1S/C19H33N3O2/c1-3-5-17(20)15-6-9-21(10-7-15)16-12-19(13-16)8-11-22(14-19)18(23)24-4-2/h15-16,20H,3-14H2,1-2H3. The lowest BCUT2D eigenvalue weighted by molar-refractivity contribution is -0.00552. The van der Waals surface area contributed by atoms with E-state index in [0.717, 1.165) is 64.0 Å². The number of nitrogens with zero attached hydrogens (tertiary/aromatic N) is 2. The minimum absolute atomic E-state index is 0.131. The van der Waals surface area contributed by atoms with Gasteiger partial charge in [-0.3, -0.25) is 0 Å². The molecule has 0 aromatic heterocycles. The van der Waals surface area contributed by atoms with Crippen LogP contribution in [0.15, 0.2) is 0 Å². The molecule has 3 fully saturated rings. The van der Waals surface area contributed by atoms with Gasteiger partial charge >= 0.3 is 6.09 Å². The van der Waals surface area contributed by atoms with E-state index in [2.05, 4.69) is 11.8 Å². The van der Waals surface area contributed by atoms with Crippen molar-refractivity contribution < 1.29 is 9.53 Å². The number of ether oxygens (including phenoxy) is 1. The summed E-state index contributed by atoms with van der Waals surface area (Å²) in [6, 6.07) is 0.702. The zero-order valence-electron chi connectivity index (χ0n) is 15.4. The van der Waals surface area contributed by atoms with Crippen molar-refractivity contribution in [3.05, 3.63) is 0 Å². The first-order chi connectivity index (χ1) is 11.6. The molecule has 1 spiro atoms. The Morgan fingerprint density at radius 2 is 1.92 bits per heavy atom. The molecule has 0 bridgehead atoms. The number of amides is 1. The molecular weight excluding hydrogens is 302 g/mol. The molecule has 5 nitrogen and oxygen atoms in total. The predicted molar refractivity (Wildman–Crippen MR) is 95.6 cm³/mol. The average molecular weight is 335 g/mol. The fourth-order valence-electron chi connectivity index (χ4n) is 4.92. The molecule has 3 aliphatic rings. The molecule has 136 valence electrons. The van der Waals surface area contributed by atoms with Gasteiger partial charge in [0, 0.05) is 24.8 Å². The minimum atomic E-state index is -0.131. The van der Waals surface area contributed by atoms with Crippen LogP contribution in [0.5, 0.6) is 0 Å². The molecule has 0 radical (unpaired) electrons. The van der Waals surface area contributed by atoms with Crippen molar-refractivity contribution in [2.24, 2.45) is 11.3 Å². The summed E-state index contributed by atoms with van der Waals surface area (Å²) in [4.78, 5) is 16.4. The van der Waals surface area contributed by atoms with Crippen molar-refractivity contribution in [1.29, 1.82) is 5.41 Å². The SMILES string of the molecule is CCCC(=N)C1CCN(C2CC3(CCN(C(=O)OCC)C3)C2)CC1. The Hall–Kier alpha value is -1.10. The maximum Gasteiger partial charge on any atom is 0.409 e. The zero-order valence-corrected chi connectivity index (χ0v) is 15.4. The van der Waals surface area contributed by atoms with E-state index in [1.807, 2.05) is 11.8 Å². The van der Waals surface area contributed by atoms with Gasteiger partial charge in [-0.1, -0.05) is 13.3 Å². The number of rotatable bonds is 5. The molecule has 5 heteroatoms. The van der Waals surface area contributed by atoms with E-state index < -0.39 is 0 Å². The lowest BCUT2D eigenvalue weighted by Crippen LogP contribution is -2.54. The smallest absolute Gasteiger partial charge is 0.409 e. The third-order valence-electron chi connectivity index (χ3n) is 6.36. The van der Waals surface area contributed by atoms with Crippen LogP contribution >= 0.6 is 0 Å². The Morgan fingerprint density at radius 3 is 2.54 bits per heavy atom. The molecule has 0 atom stereocenters. The Labute approximate surface area is 146 Å². The van der Waals surface area contributed by atoms with Crippen molar-refractivity contribution >= 4 is 11.8 Å². The molecule has 0 aromatic rings. The largest absolute Gasteiger partial charge is 0.450 e. The van der Waals surface area contributed by atoms with Crippen LogP contribution < -0.4 is 0 Å². The van der Waals surface area contributed by atoms with Gasteiger partial charge in [-0.25, -0.2) is 4.79 Å². The molecule has 1 amide bonds. The first kappa shape index (κ1) is 17.7. The molecule has 2 aliphatic heterocycles. The molecule has 1 saturated carbocycles. The number of likely N-dealkylation sites (tertiary alicyclic amines) is 2.